The van der Waals surface area contributed by atoms with Crippen LogP contribution < -0.4 is 4.90 Å². The largest absolute Gasteiger partial charge is 0.373 e. The normalized spacial score (nSPS) is 18.4. The highest BCUT2D eigenvalue weighted by Gasteiger charge is 2.26. The molecule has 8 heteroatoms. The van der Waals surface area contributed by atoms with Gasteiger partial charge in [-0.1, -0.05) is 0 Å². The monoisotopic (exact) mass is 414 g/mol. The number of ether oxygens (including phenoxy) is 1. The predicted molar refractivity (Wildman–Crippen MR) is 90.0 cm³/mol. The van der Waals surface area contributed by atoms with Gasteiger partial charge in [0.05, 0.1) is 24.2 Å². The minimum atomic E-state index is -0.324. The van der Waals surface area contributed by atoms with E-state index in [4.69, 9.17) is 4.74 Å². The van der Waals surface area contributed by atoms with Gasteiger partial charge >= 0.3 is 0 Å². The fourth-order valence-electron chi connectivity index (χ4n) is 2.58. The van der Waals surface area contributed by atoms with Gasteiger partial charge in [-0.2, -0.15) is 5.10 Å². The van der Waals surface area contributed by atoms with Gasteiger partial charge in [-0.3, -0.25) is 14.8 Å². The second-order valence-corrected chi connectivity index (χ2v) is 6.30. The highest BCUT2D eigenvalue weighted by molar-refractivity contribution is 14.1. The van der Waals surface area contributed by atoms with E-state index in [1.54, 1.807) is 12.3 Å². The summed E-state index contributed by atoms with van der Waals surface area (Å²) in [5.41, 5.74) is 0.797. The molecular formula is C14H15IN4O3. The molecule has 1 aliphatic heterocycles. The van der Waals surface area contributed by atoms with E-state index in [2.05, 4.69) is 27.7 Å². The molecule has 0 bridgehead atoms. The fourth-order valence-corrected chi connectivity index (χ4v) is 3.05. The van der Waals surface area contributed by atoms with Crippen LogP contribution in [0.4, 0.5) is 11.4 Å². The molecular weight excluding hydrogens is 399 g/mol. The Bertz CT molecular complexity index is 662. The summed E-state index contributed by atoms with van der Waals surface area (Å²) in [7, 11) is 0. The van der Waals surface area contributed by atoms with Crippen molar-refractivity contribution in [3.8, 4) is 0 Å². The third-order valence-corrected chi connectivity index (χ3v) is 4.23. The molecule has 0 amide bonds. The number of rotatable bonds is 4. The van der Waals surface area contributed by atoms with Gasteiger partial charge in [-0.05, 0) is 40.8 Å². The lowest BCUT2D eigenvalue weighted by Crippen LogP contribution is -2.44. The number of anilines is 1. The van der Waals surface area contributed by atoms with Crippen LogP contribution in [0.1, 0.15) is 0 Å². The Morgan fingerprint density at radius 1 is 1.50 bits per heavy atom. The molecule has 2 aromatic rings. The molecule has 2 heterocycles. The summed E-state index contributed by atoms with van der Waals surface area (Å²) in [6.45, 7) is 2.45. The Morgan fingerprint density at radius 2 is 2.36 bits per heavy atom. The number of nitro benzene ring substituents is 1. The smallest absolute Gasteiger partial charge is 0.293 e. The summed E-state index contributed by atoms with van der Waals surface area (Å²) < 4.78 is 8.43. The SMILES string of the molecule is O=[N+]([O-])c1cc(I)ccc1N1CCOC(Cn2cccn2)C1. The lowest BCUT2D eigenvalue weighted by atomic mass is 10.2. The molecule has 0 spiro atoms. The average molecular weight is 414 g/mol. The first-order chi connectivity index (χ1) is 10.6. The first-order valence-electron chi connectivity index (χ1n) is 6.91. The van der Waals surface area contributed by atoms with Crippen LogP contribution in [0.2, 0.25) is 0 Å². The number of hydrogen-bond donors (Lipinski definition) is 0. The van der Waals surface area contributed by atoms with Crippen molar-refractivity contribution >= 4 is 34.0 Å². The summed E-state index contributed by atoms with van der Waals surface area (Å²) in [4.78, 5) is 13.0. The first kappa shape index (κ1) is 15.2. The fraction of sp³-hybridized carbons (Fsp3) is 0.357. The molecule has 22 heavy (non-hydrogen) atoms. The third-order valence-electron chi connectivity index (χ3n) is 3.56. The van der Waals surface area contributed by atoms with Gasteiger partial charge in [0.2, 0.25) is 0 Å². The molecule has 0 saturated carbocycles. The minimum absolute atomic E-state index is 0.0347. The van der Waals surface area contributed by atoms with Crippen LogP contribution in [-0.2, 0) is 11.3 Å². The van der Waals surface area contributed by atoms with Gasteiger partial charge in [0, 0.05) is 35.1 Å². The standard InChI is InChI=1S/C14H15IN4O3/c15-11-2-3-13(14(8-11)19(20)21)17-6-7-22-12(9-17)10-18-5-1-4-16-18/h1-5,8,12H,6-7,9-10H2. The average Bonchev–Trinajstić information content (AvgIpc) is 3.00. The van der Waals surface area contributed by atoms with Crippen LogP contribution in [0.25, 0.3) is 0 Å². The van der Waals surface area contributed by atoms with Gasteiger partial charge in [0.1, 0.15) is 5.69 Å². The summed E-state index contributed by atoms with van der Waals surface area (Å²) in [6.07, 6.45) is 3.58. The molecule has 116 valence electrons. The van der Waals surface area contributed by atoms with Crippen molar-refractivity contribution < 1.29 is 9.66 Å². The van der Waals surface area contributed by atoms with E-state index < -0.39 is 0 Å². The summed E-state index contributed by atoms with van der Waals surface area (Å²) in [6, 6.07) is 7.18. The van der Waals surface area contributed by atoms with Crippen molar-refractivity contribution in [2.24, 2.45) is 0 Å². The Kier molecular flexibility index (Phi) is 4.57. The zero-order valence-corrected chi connectivity index (χ0v) is 13.9. The summed E-state index contributed by atoms with van der Waals surface area (Å²) in [5, 5.41) is 15.5. The lowest BCUT2D eigenvalue weighted by molar-refractivity contribution is -0.384. The van der Waals surface area contributed by atoms with Crippen molar-refractivity contribution in [2.75, 3.05) is 24.6 Å². The summed E-state index contributed by atoms with van der Waals surface area (Å²) >= 11 is 2.09. The molecule has 1 unspecified atom stereocenters. The first-order valence-corrected chi connectivity index (χ1v) is 7.99. The second kappa shape index (κ2) is 6.61. The van der Waals surface area contributed by atoms with Crippen LogP contribution in [0.5, 0.6) is 0 Å². The van der Waals surface area contributed by atoms with Crippen LogP contribution in [0.3, 0.4) is 0 Å². The Labute approximate surface area is 141 Å². The van der Waals surface area contributed by atoms with Crippen molar-refractivity contribution in [1.29, 1.82) is 0 Å². The predicted octanol–water partition coefficient (Wildman–Crippen LogP) is 2.30. The molecule has 1 fully saturated rings. The molecule has 7 nitrogen and oxygen atoms in total. The van der Waals surface area contributed by atoms with Crippen LogP contribution in [0, 0.1) is 13.7 Å². The lowest BCUT2D eigenvalue weighted by Gasteiger charge is -2.34. The Balaban J connectivity index is 1.78. The number of nitro groups is 1. The van der Waals surface area contributed by atoms with Gasteiger partial charge < -0.3 is 9.64 Å². The highest BCUT2D eigenvalue weighted by atomic mass is 127. The molecule has 0 N–H and O–H groups in total. The number of aromatic nitrogens is 2. The van der Waals surface area contributed by atoms with Crippen molar-refractivity contribution in [1.82, 2.24) is 9.78 Å². The van der Waals surface area contributed by atoms with Crippen LogP contribution in [0.15, 0.2) is 36.7 Å². The minimum Gasteiger partial charge on any atom is -0.373 e. The number of morpholine rings is 1. The van der Waals surface area contributed by atoms with Crippen molar-refractivity contribution in [3.63, 3.8) is 0 Å². The maximum atomic E-state index is 11.3. The molecule has 1 atom stereocenters. The quantitative estimate of drug-likeness (QED) is 0.436. The highest BCUT2D eigenvalue weighted by Crippen LogP contribution is 2.31. The Hall–Kier alpha value is -1.68. The van der Waals surface area contributed by atoms with Crippen LogP contribution in [-0.4, -0.2) is 40.5 Å². The molecule has 3 rings (SSSR count). The Morgan fingerprint density at radius 3 is 3.09 bits per heavy atom. The number of halogens is 1. The number of nitrogens with zero attached hydrogens (tertiary/aromatic N) is 4. The van der Waals surface area contributed by atoms with E-state index in [1.807, 2.05) is 34.0 Å². The van der Waals surface area contributed by atoms with Gasteiger partial charge in [-0.15, -0.1) is 0 Å². The molecule has 1 aliphatic rings. The van der Waals surface area contributed by atoms with E-state index in [0.717, 1.165) is 3.57 Å². The van der Waals surface area contributed by atoms with Gasteiger partial charge in [0.25, 0.3) is 5.69 Å². The zero-order chi connectivity index (χ0) is 15.5. The van der Waals surface area contributed by atoms with Crippen molar-refractivity contribution in [3.05, 3.63) is 50.3 Å². The van der Waals surface area contributed by atoms with E-state index in [-0.39, 0.29) is 16.7 Å². The molecule has 1 saturated heterocycles. The van der Waals surface area contributed by atoms with E-state index in [0.29, 0.717) is 31.9 Å². The molecule has 1 aromatic carbocycles. The van der Waals surface area contributed by atoms with Crippen molar-refractivity contribution in [2.45, 2.75) is 12.6 Å². The van der Waals surface area contributed by atoms with E-state index in [1.165, 1.54) is 0 Å². The maximum Gasteiger partial charge on any atom is 0.293 e. The number of benzene rings is 1. The molecule has 1 aromatic heterocycles. The summed E-state index contributed by atoms with van der Waals surface area (Å²) in [5.74, 6) is 0. The van der Waals surface area contributed by atoms with E-state index >= 15 is 0 Å². The molecule has 0 aliphatic carbocycles. The van der Waals surface area contributed by atoms with E-state index in [9.17, 15) is 10.1 Å². The van der Waals surface area contributed by atoms with Gasteiger partial charge in [-0.25, -0.2) is 0 Å². The molecule has 0 radical (unpaired) electrons. The topological polar surface area (TPSA) is 73.4 Å². The second-order valence-electron chi connectivity index (χ2n) is 5.06. The van der Waals surface area contributed by atoms with Crippen LogP contribution >= 0.6 is 22.6 Å². The zero-order valence-electron chi connectivity index (χ0n) is 11.8. The third kappa shape index (κ3) is 3.38. The number of hydrogen-bond acceptors (Lipinski definition) is 5. The maximum absolute atomic E-state index is 11.3. The van der Waals surface area contributed by atoms with Gasteiger partial charge in [0.15, 0.2) is 0 Å².